The molecule has 0 saturated heterocycles. The molecule has 126 valence electrons. The van der Waals surface area contributed by atoms with E-state index in [9.17, 15) is 15.0 Å². The fourth-order valence-corrected chi connectivity index (χ4v) is 5.71. The molecule has 0 aliphatic heterocycles. The van der Waals surface area contributed by atoms with Crippen LogP contribution in [0.5, 0.6) is 0 Å². The van der Waals surface area contributed by atoms with E-state index in [0.29, 0.717) is 25.7 Å². The molecule has 0 bridgehead atoms. The van der Waals surface area contributed by atoms with Crippen LogP contribution in [-0.4, -0.2) is 21.8 Å². The highest BCUT2D eigenvalue weighted by Gasteiger charge is 2.56. The standard InChI is InChI=1S/C19H32O3/c20-17(21)18(11-5-2-6-12-18)19(22)13-9-16(10-14-19)15-7-3-1-4-8-15/h15-16,22H,1-14H2,(H,20,21). The highest BCUT2D eigenvalue weighted by molar-refractivity contribution is 5.76. The second-order valence-corrected chi connectivity index (χ2v) is 8.22. The fraction of sp³-hybridized carbons (Fsp3) is 0.947. The van der Waals surface area contributed by atoms with Crippen molar-refractivity contribution in [3.05, 3.63) is 0 Å². The number of rotatable bonds is 3. The smallest absolute Gasteiger partial charge is 0.312 e. The lowest BCUT2D eigenvalue weighted by atomic mass is 9.56. The maximum Gasteiger partial charge on any atom is 0.312 e. The van der Waals surface area contributed by atoms with Crippen molar-refractivity contribution < 1.29 is 15.0 Å². The molecule has 3 nitrogen and oxygen atoms in total. The molecule has 0 spiro atoms. The lowest BCUT2D eigenvalue weighted by Crippen LogP contribution is -2.56. The van der Waals surface area contributed by atoms with Gasteiger partial charge in [-0.3, -0.25) is 4.79 Å². The molecule has 0 unspecified atom stereocenters. The first-order valence-corrected chi connectivity index (χ1v) is 9.53. The average molecular weight is 308 g/mol. The Kier molecular flexibility index (Phi) is 4.82. The van der Waals surface area contributed by atoms with Crippen LogP contribution in [0, 0.1) is 17.3 Å². The van der Waals surface area contributed by atoms with Crippen LogP contribution in [0.15, 0.2) is 0 Å². The minimum absolute atomic E-state index is 0.674. The van der Waals surface area contributed by atoms with Gasteiger partial charge in [-0.25, -0.2) is 0 Å². The van der Waals surface area contributed by atoms with Gasteiger partial charge in [0.25, 0.3) is 0 Å². The van der Waals surface area contributed by atoms with Gasteiger partial charge in [0.1, 0.15) is 0 Å². The summed E-state index contributed by atoms with van der Waals surface area (Å²) in [5.74, 6) is 0.825. The van der Waals surface area contributed by atoms with E-state index in [0.717, 1.165) is 43.9 Å². The molecule has 3 aliphatic rings. The molecule has 3 aliphatic carbocycles. The van der Waals surface area contributed by atoms with Crippen molar-refractivity contribution >= 4 is 5.97 Å². The quantitative estimate of drug-likeness (QED) is 0.805. The highest BCUT2D eigenvalue weighted by Crippen LogP contribution is 2.53. The van der Waals surface area contributed by atoms with Crippen molar-refractivity contribution in [1.82, 2.24) is 0 Å². The largest absolute Gasteiger partial charge is 0.481 e. The molecule has 0 heterocycles. The van der Waals surface area contributed by atoms with Gasteiger partial charge in [0.2, 0.25) is 0 Å². The van der Waals surface area contributed by atoms with E-state index in [2.05, 4.69) is 0 Å². The van der Waals surface area contributed by atoms with Crippen LogP contribution in [0.4, 0.5) is 0 Å². The Hall–Kier alpha value is -0.570. The van der Waals surface area contributed by atoms with Gasteiger partial charge < -0.3 is 10.2 Å². The third kappa shape index (κ3) is 2.81. The van der Waals surface area contributed by atoms with Crippen molar-refractivity contribution in [2.24, 2.45) is 17.3 Å². The molecule has 0 aromatic carbocycles. The number of carboxylic acid groups (broad SMARTS) is 1. The van der Waals surface area contributed by atoms with Crippen molar-refractivity contribution in [3.8, 4) is 0 Å². The molecule has 0 aromatic heterocycles. The monoisotopic (exact) mass is 308 g/mol. The van der Waals surface area contributed by atoms with E-state index < -0.39 is 17.0 Å². The zero-order valence-corrected chi connectivity index (χ0v) is 13.9. The van der Waals surface area contributed by atoms with E-state index in [-0.39, 0.29) is 0 Å². The van der Waals surface area contributed by atoms with Gasteiger partial charge in [-0.15, -0.1) is 0 Å². The Labute approximate surface area is 134 Å². The van der Waals surface area contributed by atoms with Gasteiger partial charge in [-0.1, -0.05) is 51.4 Å². The molecule has 2 N–H and O–H groups in total. The maximum atomic E-state index is 12.0. The molecule has 22 heavy (non-hydrogen) atoms. The molecule has 3 saturated carbocycles. The Balaban J connectivity index is 1.68. The number of carbonyl (C=O) groups is 1. The summed E-state index contributed by atoms with van der Waals surface area (Å²) in [6, 6.07) is 0. The maximum absolute atomic E-state index is 12.0. The predicted molar refractivity (Wildman–Crippen MR) is 86.6 cm³/mol. The minimum Gasteiger partial charge on any atom is -0.481 e. The van der Waals surface area contributed by atoms with Crippen molar-refractivity contribution in [2.75, 3.05) is 0 Å². The highest BCUT2D eigenvalue weighted by atomic mass is 16.4. The zero-order valence-electron chi connectivity index (χ0n) is 13.9. The Bertz CT molecular complexity index is 383. The molecule has 0 radical (unpaired) electrons. The molecular formula is C19H32O3. The van der Waals surface area contributed by atoms with Gasteiger partial charge in [-0.2, -0.15) is 0 Å². The van der Waals surface area contributed by atoms with Crippen LogP contribution >= 0.6 is 0 Å². The second kappa shape index (κ2) is 6.51. The first-order valence-electron chi connectivity index (χ1n) is 9.53. The number of aliphatic carboxylic acids is 1. The molecule has 0 atom stereocenters. The molecule has 3 rings (SSSR count). The van der Waals surface area contributed by atoms with Crippen molar-refractivity contribution in [3.63, 3.8) is 0 Å². The zero-order chi connectivity index (χ0) is 15.6. The predicted octanol–water partition coefficient (Wildman–Crippen LogP) is 4.52. The molecular weight excluding hydrogens is 276 g/mol. The lowest BCUT2D eigenvalue weighted by Gasteiger charge is -2.50. The first kappa shape index (κ1) is 16.3. The minimum atomic E-state index is -0.954. The van der Waals surface area contributed by atoms with E-state index in [1.165, 1.54) is 32.1 Å². The fourth-order valence-electron chi connectivity index (χ4n) is 5.71. The van der Waals surface area contributed by atoms with Gasteiger partial charge in [0, 0.05) is 0 Å². The topological polar surface area (TPSA) is 57.5 Å². The Morgan fingerprint density at radius 1 is 0.727 bits per heavy atom. The SMILES string of the molecule is O=C(O)C1(C2(O)CCC(C3CCCCC3)CC2)CCCCC1. The van der Waals surface area contributed by atoms with Crippen LogP contribution in [0.2, 0.25) is 0 Å². The average Bonchev–Trinajstić information content (AvgIpc) is 2.57. The van der Waals surface area contributed by atoms with Crippen LogP contribution in [0.1, 0.15) is 89.9 Å². The first-order chi connectivity index (χ1) is 10.6. The Morgan fingerprint density at radius 2 is 1.23 bits per heavy atom. The summed E-state index contributed by atoms with van der Waals surface area (Å²) < 4.78 is 0. The van der Waals surface area contributed by atoms with Crippen LogP contribution in [-0.2, 0) is 4.79 Å². The van der Waals surface area contributed by atoms with Crippen molar-refractivity contribution in [1.29, 1.82) is 0 Å². The number of hydrogen-bond donors (Lipinski definition) is 2. The number of aliphatic hydroxyl groups is 1. The summed E-state index contributed by atoms with van der Waals surface area (Å²) in [6.45, 7) is 0. The normalized spacial score (nSPS) is 36.9. The summed E-state index contributed by atoms with van der Waals surface area (Å²) in [7, 11) is 0. The molecule has 0 aromatic rings. The van der Waals surface area contributed by atoms with Crippen molar-refractivity contribution in [2.45, 2.75) is 95.5 Å². The van der Waals surface area contributed by atoms with E-state index in [1.807, 2.05) is 0 Å². The van der Waals surface area contributed by atoms with Crippen LogP contribution in [0.25, 0.3) is 0 Å². The summed E-state index contributed by atoms with van der Waals surface area (Å²) in [5, 5.41) is 21.1. The van der Waals surface area contributed by atoms with Gasteiger partial charge in [0.15, 0.2) is 0 Å². The Morgan fingerprint density at radius 3 is 1.77 bits per heavy atom. The summed E-state index contributed by atoms with van der Waals surface area (Å²) in [4.78, 5) is 12.0. The number of carboxylic acids is 1. The van der Waals surface area contributed by atoms with Gasteiger partial charge in [0.05, 0.1) is 11.0 Å². The van der Waals surface area contributed by atoms with Gasteiger partial charge >= 0.3 is 5.97 Å². The van der Waals surface area contributed by atoms with Crippen LogP contribution in [0.3, 0.4) is 0 Å². The molecule has 3 heteroatoms. The third-order valence-corrected chi connectivity index (χ3v) is 7.18. The number of hydrogen-bond acceptors (Lipinski definition) is 2. The molecule has 0 amide bonds. The third-order valence-electron chi connectivity index (χ3n) is 7.18. The van der Waals surface area contributed by atoms with Gasteiger partial charge in [-0.05, 0) is 50.4 Å². The second-order valence-electron chi connectivity index (χ2n) is 8.22. The van der Waals surface area contributed by atoms with E-state index >= 15 is 0 Å². The summed E-state index contributed by atoms with van der Waals surface area (Å²) in [5.41, 5.74) is -1.81. The molecule has 3 fully saturated rings. The lowest BCUT2D eigenvalue weighted by molar-refractivity contribution is -0.183. The summed E-state index contributed by atoms with van der Waals surface area (Å²) in [6.07, 6.45) is 14.7. The van der Waals surface area contributed by atoms with E-state index in [4.69, 9.17) is 0 Å². The van der Waals surface area contributed by atoms with E-state index in [1.54, 1.807) is 0 Å². The summed E-state index contributed by atoms with van der Waals surface area (Å²) >= 11 is 0. The van der Waals surface area contributed by atoms with Crippen LogP contribution < -0.4 is 0 Å².